The molecule has 174 valence electrons. The highest BCUT2D eigenvalue weighted by Crippen LogP contribution is 2.42. The van der Waals surface area contributed by atoms with Gasteiger partial charge in [0, 0.05) is 6.04 Å². The zero-order valence-corrected chi connectivity index (χ0v) is 18.1. The monoisotopic (exact) mass is 446 g/mol. The van der Waals surface area contributed by atoms with E-state index in [-0.39, 0.29) is 25.0 Å². The number of carbonyl (C=O) groups is 4. The number of amides is 1. The molecule has 1 heterocycles. The molecule has 1 amide bonds. The van der Waals surface area contributed by atoms with Crippen molar-refractivity contribution in [2.45, 2.75) is 69.6 Å². The van der Waals surface area contributed by atoms with Crippen molar-refractivity contribution in [3.05, 3.63) is 35.9 Å². The molecular formula is C23H30N2O7. The van der Waals surface area contributed by atoms with Gasteiger partial charge >= 0.3 is 17.9 Å². The Kier molecular flexibility index (Phi) is 7.84. The van der Waals surface area contributed by atoms with Crippen molar-refractivity contribution in [3.8, 4) is 0 Å². The third-order valence-electron chi connectivity index (χ3n) is 6.38. The third-order valence-corrected chi connectivity index (χ3v) is 6.38. The number of carboxylic acids is 2. The molecule has 5 atom stereocenters. The average Bonchev–Trinajstić information content (AvgIpc) is 3.35. The van der Waals surface area contributed by atoms with Crippen LogP contribution in [0.25, 0.3) is 0 Å². The van der Waals surface area contributed by atoms with Gasteiger partial charge in [0.1, 0.15) is 12.1 Å². The number of ether oxygens (including phenoxy) is 1. The van der Waals surface area contributed by atoms with Crippen molar-refractivity contribution in [1.82, 2.24) is 10.2 Å². The molecule has 1 aliphatic carbocycles. The van der Waals surface area contributed by atoms with E-state index in [9.17, 15) is 29.4 Å². The van der Waals surface area contributed by atoms with Crippen molar-refractivity contribution in [2.24, 2.45) is 5.92 Å². The van der Waals surface area contributed by atoms with Crippen LogP contribution in [0.15, 0.2) is 30.3 Å². The largest absolute Gasteiger partial charge is 0.480 e. The van der Waals surface area contributed by atoms with E-state index in [2.05, 4.69) is 5.32 Å². The SMILES string of the molecule is CCOC(=O)[C@@H]1C[C@@H]2CCC[C@H]2N1C(=O)[C@@H](N[C@@H](CCc1ccccc1)C(=O)O)C(=O)O. The molecular weight excluding hydrogens is 416 g/mol. The molecule has 0 spiro atoms. The molecule has 9 heteroatoms. The second-order valence-electron chi connectivity index (χ2n) is 8.36. The van der Waals surface area contributed by atoms with Gasteiger partial charge in [0.05, 0.1) is 6.61 Å². The Morgan fingerprint density at radius 3 is 2.47 bits per heavy atom. The lowest BCUT2D eigenvalue weighted by atomic mass is 10.0. The summed E-state index contributed by atoms with van der Waals surface area (Å²) in [5.41, 5.74) is 0.912. The molecule has 0 aromatic heterocycles. The number of likely N-dealkylation sites (tertiary alicyclic amines) is 1. The van der Waals surface area contributed by atoms with Crippen LogP contribution >= 0.6 is 0 Å². The van der Waals surface area contributed by atoms with Gasteiger partial charge in [-0.2, -0.15) is 0 Å². The Morgan fingerprint density at radius 2 is 1.84 bits per heavy atom. The van der Waals surface area contributed by atoms with Gasteiger partial charge in [-0.3, -0.25) is 14.9 Å². The molecule has 3 rings (SSSR count). The van der Waals surface area contributed by atoms with Gasteiger partial charge in [0.25, 0.3) is 5.91 Å². The summed E-state index contributed by atoms with van der Waals surface area (Å²) in [4.78, 5) is 51.0. The molecule has 0 radical (unpaired) electrons. The summed E-state index contributed by atoms with van der Waals surface area (Å²) in [5, 5.41) is 21.9. The Morgan fingerprint density at radius 1 is 1.12 bits per heavy atom. The Hall–Kier alpha value is -2.94. The fraction of sp³-hybridized carbons (Fsp3) is 0.565. The van der Waals surface area contributed by atoms with E-state index in [1.165, 1.54) is 4.90 Å². The van der Waals surface area contributed by atoms with Crippen molar-refractivity contribution in [1.29, 1.82) is 0 Å². The number of carbonyl (C=O) groups excluding carboxylic acids is 2. The maximum absolute atomic E-state index is 13.4. The van der Waals surface area contributed by atoms with Crippen molar-refractivity contribution in [3.63, 3.8) is 0 Å². The van der Waals surface area contributed by atoms with Crippen LogP contribution in [0.3, 0.4) is 0 Å². The summed E-state index contributed by atoms with van der Waals surface area (Å²) in [6.07, 6.45) is 3.42. The fourth-order valence-corrected chi connectivity index (χ4v) is 4.89. The number of carboxylic acid groups (broad SMARTS) is 2. The number of fused-ring (bicyclic) bond motifs is 1. The van der Waals surface area contributed by atoms with Crippen LogP contribution in [0.1, 0.15) is 44.6 Å². The minimum atomic E-state index is -1.76. The molecule has 1 aromatic rings. The maximum Gasteiger partial charge on any atom is 0.330 e. The molecule has 1 aliphatic heterocycles. The Balaban J connectivity index is 1.77. The highest BCUT2D eigenvalue weighted by atomic mass is 16.5. The summed E-state index contributed by atoms with van der Waals surface area (Å²) >= 11 is 0. The van der Waals surface area contributed by atoms with Gasteiger partial charge in [-0.25, -0.2) is 9.59 Å². The number of rotatable bonds is 10. The van der Waals surface area contributed by atoms with Crippen molar-refractivity contribution < 1.29 is 34.1 Å². The highest BCUT2D eigenvalue weighted by Gasteiger charge is 2.51. The zero-order chi connectivity index (χ0) is 23.3. The number of nitrogens with zero attached hydrogens (tertiary/aromatic N) is 1. The average molecular weight is 447 g/mol. The van der Waals surface area contributed by atoms with Crippen LogP contribution < -0.4 is 5.32 Å². The first-order chi connectivity index (χ1) is 15.3. The molecule has 2 fully saturated rings. The minimum Gasteiger partial charge on any atom is -0.480 e. The van der Waals surface area contributed by atoms with Crippen LogP contribution in [0.5, 0.6) is 0 Å². The first-order valence-corrected chi connectivity index (χ1v) is 11.1. The van der Waals surface area contributed by atoms with E-state index in [0.29, 0.717) is 19.3 Å². The number of aliphatic carboxylic acids is 2. The molecule has 1 saturated heterocycles. The number of aryl methyl sites for hydroxylation is 1. The first kappa shape index (κ1) is 23.7. The summed E-state index contributed by atoms with van der Waals surface area (Å²) in [6.45, 7) is 1.83. The zero-order valence-electron chi connectivity index (χ0n) is 18.1. The molecule has 9 nitrogen and oxygen atoms in total. The maximum atomic E-state index is 13.4. The van der Waals surface area contributed by atoms with Gasteiger partial charge in [0.15, 0.2) is 6.04 Å². The Labute approximate surface area is 186 Å². The highest BCUT2D eigenvalue weighted by molar-refractivity contribution is 6.03. The summed E-state index contributed by atoms with van der Waals surface area (Å²) in [7, 11) is 0. The van der Waals surface area contributed by atoms with E-state index >= 15 is 0 Å². The summed E-state index contributed by atoms with van der Waals surface area (Å²) < 4.78 is 5.12. The van der Waals surface area contributed by atoms with Crippen LogP contribution in [-0.2, 0) is 30.3 Å². The van der Waals surface area contributed by atoms with Crippen LogP contribution in [0.4, 0.5) is 0 Å². The van der Waals surface area contributed by atoms with Crippen molar-refractivity contribution in [2.75, 3.05) is 6.61 Å². The van der Waals surface area contributed by atoms with Crippen molar-refractivity contribution >= 4 is 23.8 Å². The lowest BCUT2D eigenvalue weighted by molar-refractivity contribution is -0.159. The van der Waals surface area contributed by atoms with Gasteiger partial charge in [-0.05, 0) is 50.5 Å². The van der Waals surface area contributed by atoms with Gasteiger partial charge in [-0.15, -0.1) is 0 Å². The topological polar surface area (TPSA) is 133 Å². The molecule has 1 saturated carbocycles. The molecule has 32 heavy (non-hydrogen) atoms. The molecule has 0 unspecified atom stereocenters. The number of nitrogens with one attached hydrogen (secondary N) is 1. The summed E-state index contributed by atoms with van der Waals surface area (Å²) in [6, 6.07) is 5.17. The lowest BCUT2D eigenvalue weighted by Gasteiger charge is -2.32. The summed E-state index contributed by atoms with van der Waals surface area (Å²) in [5.74, 6) is -3.91. The van der Waals surface area contributed by atoms with E-state index in [1.807, 2.05) is 30.3 Å². The minimum absolute atomic E-state index is 0.115. The van der Waals surface area contributed by atoms with Gasteiger partial charge in [0.2, 0.25) is 0 Å². The standard InChI is InChI=1S/C23H30N2O7/c1-2-32-23(31)18-13-15-9-6-10-17(15)25(18)20(26)19(22(29)30)24-16(21(27)28)12-11-14-7-4-3-5-8-14/h3-5,7-8,15-19,24H,2,6,9-13H2,1H3,(H,27,28)(H,29,30)/t15-,16-,17+,18-,19+/m0/s1. The predicted molar refractivity (Wildman–Crippen MR) is 114 cm³/mol. The molecule has 1 aromatic carbocycles. The first-order valence-electron chi connectivity index (χ1n) is 11.1. The quantitative estimate of drug-likeness (QED) is 0.363. The van der Waals surface area contributed by atoms with E-state index in [1.54, 1.807) is 6.92 Å². The van der Waals surface area contributed by atoms with E-state index in [4.69, 9.17) is 4.74 Å². The normalized spacial score (nSPS) is 23.9. The van der Waals surface area contributed by atoms with E-state index in [0.717, 1.165) is 18.4 Å². The number of hydrogen-bond donors (Lipinski definition) is 3. The fourth-order valence-electron chi connectivity index (χ4n) is 4.89. The smallest absolute Gasteiger partial charge is 0.330 e. The van der Waals surface area contributed by atoms with Gasteiger partial charge < -0.3 is 19.8 Å². The number of hydrogen-bond acceptors (Lipinski definition) is 6. The number of esters is 1. The molecule has 2 aliphatic rings. The third kappa shape index (κ3) is 5.27. The van der Waals surface area contributed by atoms with Crippen LogP contribution in [0.2, 0.25) is 0 Å². The second kappa shape index (κ2) is 10.6. The number of benzene rings is 1. The van der Waals surface area contributed by atoms with Gasteiger partial charge in [-0.1, -0.05) is 36.8 Å². The second-order valence-corrected chi connectivity index (χ2v) is 8.36. The molecule has 3 N–H and O–H groups in total. The Bertz CT molecular complexity index is 844. The van der Waals surface area contributed by atoms with E-state index < -0.39 is 41.9 Å². The van der Waals surface area contributed by atoms with Crippen LogP contribution in [-0.4, -0.2) is 69.7 Å². The predicted octanol–water partition coefficient (Wildman–Crippen LogP) is 1.45. The van der Waals surface area contributed by atoms with Crippen LogP contribution in [0, 0.1) is 5.92 Å². The lowest BCUT2D eigenvalue weighted by Crippen LogP contribution is -2.59. The molecule has 0 bridgehead atoms.